The van der Waals surface area contributed by atoms with Gasteiger partial charge in [-0.15, -0.1) is 11.8 Å². The highest BCUT2D eigenvalue weighted by molar-refractivity contribution is 7.99. The summed E-state index contributed by atoms with van der Waals surface area (Å²) in [5.74, 6) is 1.83. The highest BCUT2D eigenvalue weighted by atomic mass is 32.2. The summed E-state index contributed by atoms with van der Waals surface area (Å²) >= 11 is 1.87. The number of benzene rings is 1. The Morgan fingerprint density at radius 2 is 1.76 bits per heavy atom. The Hall–Kier alpha value is -0.470. The van der Waals surface area contributed by atoms with Crippen LogP contribution in [-0.2, 0) is 0 Å². The second kappa shape index (κ2) is 7.78. The van der Waals surface area contributed by atoms with Crippen molar-refractivity contribution in [3.8, 4) is 0 Å². The van der Waals surface area contributed by atoms with Crippen molar-refractivity contribution in [3.63, 3.8) is 0 Å². The fourth-order valence-corrected chi connectivity index (χ4v) is 2.61. The number of thioether (sulfide) groups is 1. The van der Waals surface area contributed by atoms with E-state index in [1.165, 1.54) is 23.3 Å². The highest BCUT2D eigenvalue weighted by Crippen LogP contribution is 2.20. The predicted octanol–water partition coefficient (Wildman–Crippen LogP) is 4.24. The van der Waals surface area contributed by atoms with Crippen LogP contribution in [0.4, 0.5) is 0 Å². The Balaban J connectivity index is 2.19. The van der Waals surface area contributed by atoms with Crippen molar-refractivity contribution < 1.29 is 0 Å². The van der Waals surface area contributed by atoms with Crippen molar-refractivity contribution in [2.45, 2.75) is 51.0 Å². The Kier molecular flexibility index (Phi) is 6.68. The van der Waals surface area contributed by atoms with Crippen LogP contribution in [0, 0.1) is 12.8 Å². The fourth-order valence-electron chi connectivity index (χ4n) is 1.71. The maximum Gasteiger partial charge on any atom is 0.0133 e. The van der Waals surface area contributed by atoms with Crippen LogP contribution in [0.2, 0.25) is 0 Å². The van der Waals surface area contributed by atoms with Crippen molar-refractivity contribution in [2.24, 2.45) is 11.7 Å². The van der Waals surface area contributed by atoms with Gasteiger partial charge in [0, 0.05) is 16.7 Å². The van der Waals surface area contributed by atoms with Gasteiger partial charge in [-0.25, -0.2) is 0 Å². The molecular formula is C15H25NS. The smallest absolute Gasteiger partial charge is 0.0133 e. The second-order valence-corrected chi connectivity index (χ2v) is 6.30. The van der Waals surface area contributed by atoms with Gasteiger partial charge in [0.05, 0.1) is 0 Å². The molecule has 1 aromatic carbocycles. The molecule has 0 fully saturated rings. The molecule has 0 spiro atoms. The summed E-state index contributed by atoms with van der Waals surface area (Å²) in [5, 5.41) is 0. The van der Waals surface area contributed by atoms with E-state index in [2.05, 4.69) is 45.0 Å². The summed E-state index contributed by atoms with van der Waals surface area (Å²) in [7, 11) is 0. The zero-order valence-electron chi connectivity index (χ0n) is 11.3. The van der Waals surface area contributed by atoms with E-state index in [4.69, 9.17) is 5.73 Å². The van der Waals surface area contributed by atoms with Crippen molar-refractivity contribution in [3.05, 3.63) is 29.8 Å². The first-order chi connectivity index (χ1) is 8.08. The van der Waals surface area contributed by atoms with E-state index in [1.807, 2.05) is 11.8 Å². The normalized spacial score (nSPS) is 13.0. The van der Waals surface area contributed by atoms with Crippen molar-refractivity contribution in [1.29, 1.82) is 0 Å². The largest absolute Gasteiger partial charge is 0.327 e. The minimum absolute atomic E-state index is 0.333. The molecule has 96 valence electrons. The lowest BCUT2D eigenvalue weighted by molar-refractivity contribution is 0.513. The first-order valence-electron chi connectivity index (χ1n) is 6.53. The van der Waals surface area contributed by atoms with Gasteiger partial charge < -0.3 is 5.73 Å². The standard InChI is InChI=1S/C15H25NS/c1-12(2)5-4-6-14(16)11-17-15-9-7-13(3)8-10-15/h7-10,12,14H,4-6,11,16H2,1-3H3. The maximum absolute atomic E-state index is 6.12. The van der Waals surface area contributed by atoms with Crippen LogP contribution >= 0.6 is 11.8 Å². The molecule has 1 unspecified atom stereocenters. The molecule has 2 N–H and O–H groups in total. The third-order valence-corrected chi connectivity index (χ3v) is 4.04. The molecule has 1 nitrogen and oxygen atoms in total. The maximum atomic E-state index is 6.12. The molecule has 0 bridgehead atoms. The first-order valence-corrected chi connectivity index (χ1v) is 7.51. The van der Waals surface area contributed by atoms with Crippen molar-refractivity contribution >= 4 is 11.8 Å². The summed E-state index contributed by atoms with van der Waals surface area (Å²) in [6.45, 7) is 6.66. The van der Waals surface area contributed by atoms with Crippen LogP contribution in [0.25, 0.3) is 0 Å². The van der Waals surface area contributed by atoms with E-state index >= 15 is 0 Å². The van der Waals surface area contributed by atoms with E-state index in [-0.39, 0.29) is 0 Å². The fraction of sp³-hybridized carbons (Fsp3) is 0.600. The van der Waals surface area contributed by atoms with E-state index in [1.54, 1.807) is 0 Å². The minimum atomic E-state index is 0.333. The van der Waals surface area contributed by atoms with E-state index in [9.17, 15) is 0 Å². The van der Waals surface area contributed by atoms with Gasteiger partial charge in [-0.2, -0.15) is 0 Å². The molecule has 0 aliphatic carbocycles. The van der Waals surface area contributed by atoms with Gasteiger partial charge in [0.2, 0.25) is 0 Å². The lowest BCUT2D eigenvalue weighted by atomic mass is 10.0. The number of nitrogens with two attached hydrogens (primary N) is 1. The van der Waals surface area contributed by atoms with E-state index < -0.39 is 0 Å². The highest BCUT2D eigenvalue weighted by Gasteiger charge is 2.04. The topological polar surface area (TPSA) is 26.0 Å². The van der Waals surface area contributed by atoms with E-state index in [0.29, 0.717) is 6.04 Å². The monoisotopic (exact) mass is 251 g/mol. The Bertz CT molecular complexity index is 305. The van der Waals surface area contributed by atoms with Crippen molar-refractivity contribution in [1.82, 2.24) is 0 Å². The summed E-state index contributed by atoms with van der Waals surface area (Å²) in [5.41, 5.74) is 7.43. The zero-order valence-corrected chi connectivity index (χ0v) is 12.1. The molecule has 0 aliphatic rings. The Morgan fingerprint density at radius 1 is 1.12 bits per heavy atom. The number of hydrogen-bond acceptors (Lipinski definition) is 2. The molecule has 0 saturated carbocycles. The Morgan fingerprint density at radius 3 is 2.35 bits per heavy atom. The number of aryl methyl sites for hydroxylation is 1. The quantitative estimate of drug-likeness (QED) is 0.733. The van der Waals surface area contributed by atoms with Gasteiger partial charge >= 0.3 is 0 Å². The van der Waals surface area contributed by atoms with Crippen LogP contribution in [-0.4, -0.2) is 11.8 Å². The lowest BCUT2D eigenvalue weighted by Gasteiger charge is -2.12. The van der Waals surface area contributed by atoms with Crippen LogP contribution in [0.5, 0.6) is 0 Å². The van der Waals surface area contributed by atoms with Gasteiger partial charge in [-0.3, -0.25) is 0 Å². The number of rotatable bonds is 7. The molecule has 1 aromatic rings. The lowest BCUT2D eigenvalue weighted by Crippen LogP contribution is -2.22. The summed E-state index contributed by atoms with van der Waals surface area (Å²) in [4.78, 5) is 1.33. The molecule has 1 atom stereocenters. The zero-order chi connectivity index (χ0) is 12.7. The van der Waals surface area contributed by atoms with Crippen LogP contribution in [0.15, 0.2) is 29.2 Å². The average Bonchev–Trinajstić information content (AvgIpc) is 2.28. The molecule has 2 heteroatoms. The van der Waals surface area contributed by atoms with Crippen LogP contribution in [0.1, 0.15) is 38.7 Å². The van der Waals surface area contributed by atoms with Gasteiger partial charge in [0.25, 0.3) is 0 Å². The number of hydrogen-bond donors (Lipinski definition) is 1. The SMILES string of the molecule is Cc1ccc(SCC(N)CCCC(C)C)cc1. The average molecular weight is 251 g/mol. The molecule has 0 heterocycles. The van der Waals surface area contributed by atoms with Gasteiger partial charge in [0.1, 0.15) is 0 Å². The van der Waals surface area contributed by atoms with E-state index in [0.717, 1.165) is 18.1 Å². The van der Waals surface area contributed by atoms with Gasteiger partial charge in [-0.05, 0) is 31.4 Å². The predicted molar refractivity (Wildman–Crippen MR) is 78.6 cm³/mol. The molecule has 17 heavy (non-hydrogen) atoms. The minimum Gasteiger partial charge on any atom is -0.327 e. The first kappa shape index (κ1) is 14.6. The third-order valence-electron chi connectivity index (χ3n) is 2.84. The molecule has 0 aliphatic heterocycles. The summed E-state index contributed by atoms with van der Waals surface area (Å²) < 4.78 is 0. The molecule has 0 saturated heterocycles. The van der Waals surface area contributed by atoms with Crippen molar-refractivity contribution in [2.75, 3.05) is 5.75 Å². The molecule has 0 amide bonds. The summed E-state index contributed by atoms with van der Waals surface area (Å²) in [6.07, 6.45) is 3.70. The van der Waals surface area contributed by atoms with Gasteiger partial charge in [-0.1, -0.05) is 44.4 Å². The van der Waals surface area contributed by atoms with Crippen LogP contribution in [0.3, 0.4) is 0 Å². The van der Waals surface area contributed by atoms with Gasteiger partial charge in [0.15, 0.2) is 0 Å². The molecular weight excluding hydrogens is 226 g/mol. The Labute approximate surface area is 110 Å². The molecule has 0 aromatic heterocycles. The molecule has 1 rings (SSSR count). The second-order valence-electron chi connectivity index (χ2n) is 5.21. The van der Waals surface area contributed by atoms with Crippen LogP contribution < -0.4 is 5.73 Å². The molecule has 0 radical (unpaired) electrons. The third kappa shape index (κ3) is 6.75. The summed E-state index contributed by atoms with van der Waals surface area (Å²) in [6, 6.07) is 9.01.